The molecule has 1 heterocycles. The topological polar surface area (TPSA) is 60.9 Å². The minimum absolute atomic E-state index is 0.109. The van der Waals surface area contributed by atoms with Crippen molar-refractivity contribution >= 4 is 10.2 Å². The molecule has 0 saturated carbocycles. The fourth-order valence-corrected chi connectivity index (χ4v) is 3.67. The quantitative estimate of drug-likeness (QED) is 0.732. The Morgan fingerprint density at radius 3 is 2.27 bits per heavy atom. The summed E-state index contributed by atoms with van der Waals surface area (Å²) in [5.74, 6) is 0. The van der Waals surface area contributed by atoms with Crippen LogP contribution in [0.3, 0.4) is 0 Å². The molecule has 1 fully saturated rings. The normalized spacial score (nSPS) is 19.3. The molecule has 15 heavy (non-hydrogen) atoms. The van der Waals surface area contributed by atoms with E-state index in [1.54, 1.807) is 0 Å². The Balaban J connectivity index is 2.80. The minimum Gasteiger partial charge on any atom is -0.395 e. The molecule has 1 N–H and O–H groups in total. The lowest BCUT2D eigenvalue weighted by molar-refractivity contribution is 0.228. The zero-order valence-electron chi connectivity index (χ0n) is 9.39. The molecule has 90 valence electrons. The molecule has 0 bridgehead atoms. The van der Waals surface area contributed by atoms with Crippen molar-refractivity contribution in [2.45, 2.75) is 32.7 Å². The Morgan fingerprint density at radius 2 is 1.87 bits per heavy atom. The molecule has 0 aliphatic carbocycles. The van der Waals surface area contributed by atoms with Gasteiger partial charge in [0.15, 0.2) is 0 Å². The Labute approximate surface area is 91.9 Å². The van der Waals surface area contributed by atoms with Crippen LogP contribution in [0.5, 0.6) is 0 Å². The molecule has 0 atom stereocenters. The predicted molar refractivity (Wildman–Crippen MR) is 58.7 cm³/mol. The van der Waals surface area contributed by atoms with E-state index in [-0.39, 0.29) is 19.2 Å². The average Bonchev–Trinajstić information content (AvgIpc) is 2.66. The molecule has 1 aliphatic rings. The second-order valence-electron chi connectivity index (χ2n) is 4.04. The third-order valence-electron chi connectivity index (χ3n) is 2.58. The lowest BCUT2D eigenvalue weighted by Gasteiger charge is -2.29. The van der Waals surface area contributed by atoms with Crippen LogP contribution in [-0.2, 0) is 10.2 Å². The fourth-order valence-electron chi connectivity index (χ4n) is 1.81. The van der Waals surface area contributed by atoms with Gasteiger partial charge in [-0.05, 0) is 26.7 Å². The van der Waals surface area contributed by atoms with Gasteiger partial charge in [0, 0.05) is 25.7 Å². The van der Waals surface area contributed by atoms with Gasteiger partial charge in [0.2, 0.25) is 0 Å². The van der Waals surface area contributed by atoms with Gasteiger partial charge in [0.05, 0.1) is 6.61 Å². The number of aliphatic hydroxyl groups excluding tert-OH is 1. The highest BCUT2D eigenvalue weighted by Crippen LogP contribution is 2.18. The lowest BCUT2D eigenvalue weighted by Crippen LogP contribution is -2.47. The fraction of sp³-hybridized carbons (Fsp3) is 1.00. The molecule has 0 radical (unpaired) electrons. The first kappa shape index (κ1) is 12.9. The van der Waals surface area contributed by atoms with Gasteiger partial charge in [-0.1, -0.05) is 0 Å². The molecule has 1 rings (SSSR count). The Hall–Kier alpha value is -0.170. The monoisotopic (exact) mass is 236 g/mol. The van der Waals surface area contributed by atoms with E-state index in [0.717, 1.165) is 12.8 Å². The number of hydrogen-bond acceptors (Lipinski definition) is 3. The summed E-state index contributed by atoms with van der Waals surface area (Å²) in [5, 5.41) is 8.87. The first-order valence-electron chi connectivity index (χ1n) is 5.38. The van der Waals surface area contributed by atoms with Crippen LogP contribution in [0.1, 0.15) is 26.7 Å². The SMILES string of the molecule is CC(C)N(CCO)S(=O)(=O)N1CCCC1. The molecule has 1 saturated heterocycles. The lowest BCUT2D eigenvalue weighted by atomic mass is 10.4. The van der Waals surface area contributed by atoms with E-state index in [4.69, 9.17) is 5.11 Å². The Morgan fingerprint density at radius 1 is 1.33 bits per heavy atom. The van der Waals surface area contributed by atoms with Crippen molar-refractivity contribution in [3.05, 3.63) is 0 Å². The molecule has 0 spiro atoms. The minimum atomic E-state index is -3.36. The third kappa shape index (κ3) is 2.90. The zero-order valence-corrected chi connectivity index (χ0v) is 10.2. The highest BCUT2D eigenvalue weighted by Gasteiger charge is 2.32. The average molecular weight is 236 g/mol. The summed E-state index contributed by atoms with van der Waals surface area (Å²) in [6, 6.07) is -0.109. The van der Waals surface area contributed by atoms with Crippen molar-refractivity contribution < 1.29 is 13.5 Å². The van der Waals surface area contributed by atoms with Gasteiger partial charge in [-0.3, -0.25) is 0 Å². The van der Waals surface area contributed by atoms with E-state index in [1.165, 1.54) is 8.61 Å². The maximum absolute atomic E-state index is 12.1. The van der Waals surface area contributed by atoms with Crippen molar-refractivity contribution in [2.24, 2.45) is 0 Å². The Kier molecular flexibility index (Phi) is 4.51. The summed E-state index contributed by atoms with van der Waals surface area (Å²) in [4.78, 5) is 0. The summed E-state index contributed by atoms with van der Waals surface area (Å²) in [7, 11) is -3.36. The second kappa shape index (κ2) is 5.25. The summed E-state index contributed by atoms with van der Waals surface area (Å²) < 4.78 is 27.1. The van der Waals surface area contributed by atoms with Gasteiger partial charge in [-0.25, -0.2) is 0 Å². The van der Waals surface area contributed by atoms with Crippen LogP contribution in [0.25, 0.3) is 0 Å². The van der Waals surface area contributed by atoms with Gasteiger partial charge < -0.3 is 5.11 Å². The number of aliphatic hydroxyl groups is 1. The maximum Gasteiger partial charge on any atom is 0.282 e. The van der Waals surface area contributed by atoms with E-state index >= 15 is 0 Å². The molecule has 0 amide bonds. The summed E-state index contributed by atoms with van der Waals surface area (Å²) >= 11 is 0. The van der Waals surface area contributed by atoms with Crippen LogP contribution >= 0.6 is 0 Å². The molecular weight excluding hydrogens is 216 g/mol. The van der Waals surface area contributed by atoms with E-state index in [1.807, 2.05) is 13.8 Å². The summed E-state index contributed by atoms with van der Waals surface area (Å²) in [5.41, 5.74) is 0. The largest absolute Gasteiger partial charge is 0.395 e. The summed E-state index contributed by atoms with van der Waals surface area (Å²) in [6.07, 6.45) is 1.87. The van der Waals surface area contributed by atoms with Crippen LogP contribution in [0.4, 0.5) is 0 Å². The van der Waals surface area contributed by atoms with E-state index < -0.39 is 10.2 Å². The van der Waals surface area contributed by atoms with Crippen LogP contribution in [0.2, 0.25) is 0 Å². The van der Waals surface area contributed by atoms with Crippen molar-refractivity contribution in [2.75, 3.05) is 26.2 Å². The van der Waals surface area contributed by atoms with Crippen molar-refractivity contribution in [1.29, 1.82) is 0 Å². The third-order valence-corrected chi connectivity index (χ3v) is 4.80. The van der Waals surface area contributed by atoms with Crippen LogP contribution < -0.4 is 0 Å². The van der Waals surface area contributed by atoms with Crippen molar-refractivity contribution in [1.82, 2.24) is 8.61 Å². The smallest absolute Gasteiger partial charge is 0.282 e. The van der Waals surface area contributed by atoms with Crippen molar-refractivity contribution in [3.8, 4) is 0 Å². The molecule has 0 aromatic carbocycles. The van der Waals surface area contributed by atoms with Crippen molar-refractivity contribution in [3.63, 3.8) is 0 Å². The Bertz CT molecular complexity index is 284. The second-order valence-corrected chi connectivity index (χ2v) is 5.92. The summed E-state index contributed by atoms with van der Waals surface area (Å²) in [6.45, 7) is 4.91. The highest BCUT2D eigenvalue weighted by atomic mass is 32.2. The molecule has 0 unspecified atom stereocenters. The zero-order chi connectivity index (χ0) is 11.5. The van der Waals surface area contributed by atoms with E-state index in [0.29, 0.717) is 13.1 Å². The van der Waals surface area contributed by atoms with Gasteiger partial charge in [0.25, 0.3) is 10.2 Å². The van der Waals surface area contributed by atoms with Crippen LogP contribution in [0.15, 0.2) is 0 Å². The molecular formula is C9H20N2O3S. The van der Waals surface area contributed by atoms with Gasteiger partial charge in [0.1, 0.15) is 0 Å². The molecule has 6 heteroatoms. The number of rotatable bonds is 5. The van der Waals surface area contributed by atoms with Gasteiger partial charge in [-0.2, -0.15) is 17.0 Å². The predicted octanol–water partition coefficient (Wildman–Crippen LogP) is 0.0297. The van der Waals surface area contributed by atoms with Gasteiger partial charge in [-0.15, -0.1) is 0 Å². The standard InChI is InChI=1S/C9H20N2O3S/c1-9(2)11(7-8-12)15(13,14)10-5-3-4-6-10/h9,12H,3-8H2,1-2H3. The molecule has 1 aliphatic heterocycles. The van der Waals surface area contributed by atoms with Crippen LogP contribution in [-0.4, -0.2) is 54.4 Å². The van der Waals surface area contributed by atoms with Gasteiger partial charge >= 0.3 is 0 Å². The highest BCUT2D eigenvalue weighted by molar-refractivity contribution is 7.86. The molecule has 0 aromatic heterocycles. The number of hydrogen-bond donors (Lipinski definition) is 1. The van der Waals surface area contributed by atoms with E-state index in [9.17, 15) is 8.42 Å². The molecule has 5 nitrogen and oxygen atoms in total. The first-order chi connectivity index (χ1) is 7.00. The van der Waals surface area contributed by atoms with E-state index in [2.05, 4.69) is 0 Å². The first-order valence-corrected chi connectivity index (χ1v) is 6.77. The number of nitrogens with zero attached hydrogens (tertiary/aromatic N) is 2. The maximum atomic E-state index is 12.1. The van der Waals surface area contributed by atoms with Crippen LogP contribution in [0, 0.1) is 0 Å². The molecule has 0 aromatic rings.